The minimum atomic E-state index is -0.498. The molecule has 4 nitrogen and oxygen atoms in total. The highest BCUT2D eigenvalue weighted by Crippen LogP contribution is 2.29. The summed E-state index contributed by atoms with van der Waals surface area (Å²) in [7, 11) is 0. The van der Waals surface area contributed by atoms with E-state index in [1.165, 1.54) is 12.1 Å². The molecule has 0 saturated heterocycles. The van der Waals surface area contributed by atoms with Gasteiger partial charge in [-0.25, -0.2) is 4.39 Å². The molecule has 1 saturated carbocycles. The van der Waals surface area contributed by atoms with Crippen molar-refractivity contribution in [2.24, 2.45) is 5.73 Å². The lowest BCUT2D eigenvalue weighted by Gasteiger charge is -2.32. The third kappa shape index (κ3) is 3.55. The van der Waals surface area contributed by atoms with Crippen LogP contribution in [0.2, 0.25) is 0 Å². The van der Waals surface area contributed by atoms with Crippen molar-refractivity contribution in [1.29, 1.82) is 5.26 Å². The minimum Gasteiger partial charge on any atom is -0.325 e. The number of amides is 1. The Labute approximate surface area is 117 Å². The number of hydrogen-bond donors (Lipinski definition) is 2. The molecule has 1 aliphatic rings. The number of anilines is 1. The summed E-state index contributed by atoms with van der Waals surface area (Å²) in [4.78, 5) is 12.0. The van der Waals surface area contributed by atoms with Crippen molar-refractivity contribution in [3.05, 3.63) is 29.6 Å². The zero-order valence-electron chi connectivity index (χ0n) is 11.3. The van der Waals surface area contributed by atoms with Crippen molar-refractivity contribution in [3.8, 4) is 6.07 Å². The first-order valence-electron chi connectivity index (χ1n) is 6.81. The molecule has 1 fully saturated rings. The van der Waals surface area contributed by atoms with Crippen LogP contribution in [0.4, 0.5) is 10.1 Å². The fourth-order valence-corrected chi connectivity index (χ4v) is 2.66. The molecule has 5 heteroatoms. The van der Waals surface area contributed by atoms with Crippen molar-refractivity contribution in [2.75, 3.05) is 5.32 Å². The third-order valence-electron chi connectivity index (χ3n) is 3.74. The number of carbonyl (C=O) groups is 1. The van der Waals surface area contributed by atoms with Gasteiger partial charge in [0.1, 0.15) is 11.9 Å². The van der Waals surface area contributed by atoms with E-state index in [4.69, 9.17) is 11.0 Å². The number of halogens is 1. The fraction of sp³-hybridized carbons (Fsp3) is 0.467. The van der Waals surface area contributed by atoms with Crippen LogP contribution in [-0.2, 0) is 4.79 Å². The molecule has 0 atom stereocenters. The van der Waals surface area contributed by atoms with Crippen molar-refractivity contribution in [1.82, 2.24) is 0 Å². The Bertz CT molecular complexity index is 545. The van der Waals surface area contributed by atoms with E-state index in [-0.39, 0.29) is 17.9 Å². The molecule has 2 rings (SSSR count). The van der Waals surface area contributed by atoms with Crippen LogP contribution >= 0.6 is 0 Å². The van der Waals surface area contributed by atoms with Gasteiger partial charge >= 0.3 is 0 Å². The number of nitrogens with one attached hydrogen (secondary N) is 1. The Morgan fingerprint density at radius 3 is 2.75 bits per heavy atom. The molecule has 20 heavy (non-hydrogen) atoms. The number of rotatable bonds is 3. The van der Waals surface area contributed by atoms with Gasteiger partial charge in [-0.1, -0.05) is 19.3 Å². The molecular formula is C15H18FN3O. The first-order valence-corrected chi connectivity index (χ1v) is 6.81. The van der Waals surface area contributed by atoms with Crippen molar-refractivity contribution in [3.63, 3.8) is 0 Å². The van der Waals surface area contributed by atoms with Crippen LogP contribution in [0.3, 0.4) is 0 Å². The Kier molecular flexibility index (Phi) is 4.35. The van der Waals surface area contributed by atoms with Gasteiger partial charge in [0, 0.05) is 12.0 Å². The van der Waals surface area contributed by atoms with Crippen LogP contribution in [0.25, 0.3) is 0 Å². The zero-order chi connectivity index (χ0) is 14.6. The monoisotopic (exact) mass is 275 g/mol. The molecule has 0 aromatic heterocycles. The molecule has 0 aliphatic heterocycles. The summed E-state index contributed by atoms with van der Waals surface area (Å²) < 4.78 is 13.0. The Balaban J connectivity index is 2.03. The van der Waals surface area contributed by atoms with Gasteiger partial charge < -0.3 is 11.1 Å². The van der Waals surface area contributed by atoms with Gasteiger partial charge in [-0.05, 0) is 31.0 Å². The summed E-state index contributed by atoms with van der Waals surface area (Å²) in [5.74, 6) is -0.723. The molecule has 106 valence electrons. The van der Waals surface area contributed by atoms with Crippen molar-refractivity contribution in [2.45, 2.75) is 44.1 Å². The van der Waals surface area contributed by atoms with Crippen LogP contribution in [-0.4, -0.2) is 11.4 Å². The second-order valence-corrected chi connectivity index (χ2v) is 5.45. The van der Waals surface area contributed by atoms with E-state index in [1.807, 2.05) is 6.07 Å². The molecule has 0 spiro atoms. The van der Waals surface area contributed by atoms with E-state index in [0.29, 0.717) is 5.69 Å². The van der Waals surface area contributed by atoms with Crippen LogP contribution < -0.4 is 11.1 Å². The van der Waals surface area contributed by atoms with Gasteiger partial charge in [0.05, 0.1) is 11.3 Å². The second-order valence-electron chi connectivity index (χ2n) is 5.45. The van der Waals surface area contributed by atoms with Gasteiger partial charge in [0.15, 0.2) is 0 Å². The predicted molar refractivity (Wildman–Crippen MR) is 74.4 cm³/mol. The van der Waals surface area contributed by atoms with Gasteiger partial charge in [-0.2, -0.15) is 5.26 Å². The number of hydrogen-bond acceptors (Lipinski definition) is 3. The minimum absolute atomic E-state index is 0.119. The van der Waals surface area contributed by atoms with E-state index >= 15 is 0 Å². The van der Waals surface area contributed by atoms with Crippen LogP contribution in [0.1, 0.15) is 44.1 Å². The third-order valence-corrected chi connectivity index (χ3v) is 3.74. The number of nitrogens with two attached hydrogens (primary N) is 1. The average Bonchev–Trinajstić information content (AvgIpc) is 2.41. The van der Waals surface area contributed by atoms with Crippen molar-refractivity contribution >= 4 is 11.6 Å². The predicted octanol–water partition coefficient (Wildman–Crippen LogP) is 2.69. The fourth-order valence-electron chi connectivity index (χ4n) is 2.66. The standard InChI is InChI=1S/C15H18FN3O/c16-12-4-5-13(11(8-12)10-17)19-14(20)9-15(18)6-2-1-3-7-15/h4-5,8H,1-3,6-7,9,18H2,(H,19,20). The highest BCUT2D eigenvalue weighted by molar-refractivity contribution is 5.92. The van der Waals surface area contributed by atoms with E-state index in [9.17, 15) is 9.18 Å². The lowest BCUT2D eigenvalue weighted by atomic mass is 9.80. The Hall–Kier alpha value is -1.93. The lowest BCUT2D eigenvalue weighted by molar-refractivity contribution is -0.117. The number of nitrogens with zero attached hydrogens (tertiary/aromatic N) is 1. The van der Waals surface area contributed by atoms with Crippen LogP contribution in [0, 0.1) is 17.1 Å². The molecule has 1 aliphatic carbocycles. The van der Waals surface area contributed by atoms with E-state index in [1.54, 1.807) is 0 Å². The normalized spacial score (nSPS) is 17.2. The summed E-state index contributed by atoms with van der Waals surface area (Å²) in [6.07, 6.45) is 5.17. The second kappa shape index (κ2) is 6.02. The highest BCUT2D eigenvalue weighted by atomic mass is 19.1. The molecule has 1 aromatic carbocycles. The molecule has 0 heterocycles. The molecule has 1 amide bonds. The summed E-state index contributed by atoms with van der Waals surface area (Å²) in [6.45, 7) is 0. The maximum absolute atomic E-state index is 13.0. The van der Waals surface area contributed by atoms with Gasteiger partial charge in [-0.15, -0.1) is 0 Å². The summed E-state index contributed by atoms with van der Waals surface area (Å²) >= 11 is 0. The molecule has 0 bridgehead atoms. The van der Waals surface area contributed by atoms with E-state index in [2.05, 4.69) is 5.32 Å². The zero-order valence-corrected chi connectivity index (χ0v) is 11.3. The number of nitriles is 1. The number of carbonyl (C=O) groups excluding carboxylic acids is 1. The molecule has 0 radical (unpaired) electrons. The number of benzene rings is 1. The molecule has 3 N–H and O–H groups in total. The van der Waals surface area contributed by atoms with E-state index < -0.39 is 11.4 Å². The first kappa shape index (κ1) is 14.5. The van der Waals surface area contributed by atoms with Crippen LogP contribution in [0.15, 0.2) is 18.2 Å². The van der Waals surface area contributed by atoms with Crippen LogP contribution in [0.5, 0.6) is 0 Å². The largest absolute Gasteiger partial charge is 0.325 e. The topological polar surface area (TPSA) is 78.9 Å². The maximum atomic E-state index is 13.0. The SMILES string of the molecule is N#Cc1cc(F)ccc1NC(=O)CC1(N)CCCCC1. The summed E-state index contributed by atoms with van der Waals surface area (Å²) in [5.41, 5.74) is 6.22. The Morgan fingerprint density at radius 2 is 2.10 bits per heavy atom. The van der Waals surface area contributed by atoms with Gasteiger partial charge in [-0.3, -0.25) is 4.79 Å². The maximum Gasteiger partial charge on any atom is 0.226 e. The van der Waals surface area contributed by atoms with E-state index in [0.717, 1.165) is 38.2 Å². The molecular weight excluding hydrogens is 257 g/mol. The molecule has 0 unspecified atom stereocenters. The lowest BCUT2D eigenvalue weighted by Crippen LogP contribution is -2.44. The van der Waals surface area contributed by atoms with Gasteiger partial charge in [0.25, 0.3) is 0 Å². The molecule has 1 aromatic rings. The first-order chi connectivity index (χ1) is 9.52. The Morgan fingerprint density at radius 1 is 1.40 bits per heavy atom. The highest BCUT2D eigenvalue weighted by Gasteiger charge is 2.30. The van der Waals surface area contributed by atoms with Gasteiger partial charge in [0.2, 0.25) is 5.91 Å². The summed E-state index contributed by atoms with van der Waals surface area (Å²) in [6, 6.07) is 5.59. The quantitative estimate of drug-likeness (QED) is 0.890. The summed E-state index contributed by atoms with van der Waals surface area (Å²) in [5, 5.41) is 11.6. The average molecular weight is 275 g/mol. The smallest absolute Gasteiger partial charge is 0.226 e. The van der Waals surface area contributed by atoms with Crippen molar-refractivity contribution < 1.29 is 9.18 Å².